The molecule has 5 heteroatoms. The van der Waals surface area contributed by atoms with Gasteiger partial charge in [-0.15, -0.1) is 0 Å². The number of amides is 1. The van der Waals surface area contributed by atoms with Crippen LogP contribution in [0.5, 0.6) is 0 Å². The highest BCUT2D eigenvalue weighted by Gasteiger charge is 2.19. The zero-order valence-corrected chi connectivity index (χ0v) is 14.6. The Morgan fingerprint density at radius 3 is 2.85 bits per heavy atom. The van der Waals surface area contributed by atoms with Gasteiger partial charge in [-0.1, -0.05) is 35.6 Å². The first-order valence-corrected chi connectivity index (χ1v) is 9.20. The van der Waals surface area contributed by atoms with Crippen molar-refractivity contribution in [2.24, 2.45) is 0 Å². The lowest BCUT2D eigenvalue weighted by atomic mass is 10.0. The van der Waals surface area contributed by atoms with Crippen molar-refractivity contribution in [3.8, 4) is 6.07 Å². The average Bonchev–Trinajstić information content (AvgIpc) is 3.27. The number of hydrogen-bond donors (Lipinski definition) is 1. The number of aryl methyl sites for hydroxylation is 2. The maximum Gasteiger partial charge on any atom is 0.257 e. The monoisotopic (exact) mass is 355 g/mol. The summed E-state index contributed by atoms with van der Waals surface area (Å²) in [6.45, 7) is 0. The second-order valence-electron chi connectivity index (χ2n) is 6.39. The minimum absolute atomic E-state index is 0.251. The number of thiazole rings is 1. The van der Waals surface area contributed by atoms with Crippen LogP contribution < -0.4 is 5.32 Å². The first kappa shape index (κ1) is 15.1. The number of rotatable bonds is 2. The zero-order chi connectivity index (χ0) is 17.7. The van der Waals surface area contributed by atoms with Crippen molar-refractivity contribution in [2.75, 3.05) is 5.32 Å². The number of carbonyl (C=O) groups excluding carboxylic acids is 1. The highest BCUT2D eigenvalue weighted by molar-refractivity contribution is 7.22. The Kier molecular flexibility index (Phi) is 3.27. The maximum atomic E-state index is 12.5. The largest absolute Gasteiger partial charge is 0.298 e. The molecule has 0 aliphatic heterocycles. The Bertz CT molecular complexity index is 1250. The third-order valence-electron chi connectivity index (χ3n) is 4.82. The molecule has 0 saturated heterocycles. The molecule has 0 bridgehead atoms. The van der Waals surface area contributed by atoms with Crippen LogP contribution in [-0.2, 0) is 12.8 Å². The third-order valence-corrected chi connectivity index (χ3v) is 5.74. The number of nitrogens with zero attached hydrogens (tertiary/aromatic N) is 2. The van der Waals surface area contributed by atoms with E-state index in [9.17, 15) is 4.79 Å². The fourth-order valence-electron chi connectivity index (χ4n) is 3.66. The molecule has 124 valence electrons. The predicted octanol–water partition coefficient (Wildman–Crippen LogP) is 4.67. The van der Waals surface area contributed by atoms with Gasteiger partial charge in [0.15, 0.2) is 5.13 Å². The number of carbonyl (C=O) groups is 1. The average molecular weight is 355 g/mol. The molecule has 1 heterocycles. The number of anilines is 1. The Balaban J connectivity index is 1.56. The standard InChI is InChI=1S/C21H13N3OS/c22-11-12-3-1-5-15(9-12)20(25)24-21-23-19-16-6-2-4-13-7-8-14(18(13)16)10-17(19)26-21/h1-6,9-10H,7-8H2,(H,23,24,25). The van der Waals surface area contributed by atoms with Gasteiger partial charge < -0.3 is 0 Å². The van der Waals surface area contributed by atoms with E-state index in [0.29, 0.717) is 16.3 Å². The van der Waals surface area contributed by atoms with Crippen LogP contribution in [0.25, 0.3) is 21.0 Å². The van der Waals surface area contributed by atoms with E-state index in [-0.39, 0.29) is 5.91 Å². The van der Waals surface area contributed by atoms with Gasteiger partial charge in [0, 0.05) is 10.9 Å². The topological polar surface area (TPSA) is 65.8 Å². The van der Waals surface area contributed by atoms with Crippen LogP contribution in [0.4, 0.5) is 5.13 Å². The van der Waals surface area contributed by atoms with E-state index in [4.69, 9.17) is 5.26 Å². The van der Waals surface area contributed by atoms with Crippen LogP contribution in [0.15, 0.2) is 48.5 Å². The molecule has 0 spiro atoms. The summed E-state index contributed by atoms with van der Waals surface area (Å²) in [6, 6.07) is 17.3. The lowest BCUT2D eigenvalue weighted by Gasteiger charge is -2.02. The lowest BCUT2D eigenvalue weighted by Crippen LogP contribution is -2.11. The molecule has 5 rings (SSSR count). The summed E-state index contributed by atoms with van der Waals surface area (Å²) in [4.78, 5) is 17.2. The summed E-state index contributed by atoms with van der Waals surface area (Å²) in [7, 11) is 0. The van der Waals surface area contributed by atoms with Crippen molar-refractivity contribution in [3.05, 3.63) is 70.8 Å². The van der Waals surface area contributed by atoms with Gasteiger partial charge in [-0.3, -0.25) is 10.1 Å². The van der Waals surface area contributed by atoms with Gasteiger partial charge in [-0.2, -0.15) is 5.26 Å². The van der Waals surface area contributed by atoms with Gasteiger partial charge in [0.05, 0.1) is 21.8 Å². The highest BCUT2D eigenvalue weighted by Crippen LogP contribution is 2.39. The summed E-state index contributed by atoms with van der Waals surface area (Å²) in [5.41, 5.74) is 4.61. The van der Waals surface area contributed by atoms with Gasteiger partial charge in [0.2, 0.25) is 0 Å². The molecule has 4 aromatic rings. The van der Waals surface area contributed by atoms with Crippen molar-refractivity contribution in [1.29, 1.82) is 5.26 Å². The zero-order valence-electron chi connectivity index (χ0n) is 13.7. The number of nitrogens with one attached hydrogen (secondary N) is 1. The van der Waals surface area contributed by atoms with E-state index < -0.39 is 0 Å². The molecule has 0 atom stereocenters. The normalized spacial score (nSPS) is 12.4. The Morgan fingerprint density at radius 2 is 1.96 bits per heavy atom. The molecule has 1 N–H and O–H groups in total. The summed E-state index contributed by atoms with van der Waals surface area (Å²) in [5, 5.41) is 14.9. The molecule has 3 aromatic carbocycles. The molecular weight excluding hydrogens is 342 g/mol. The predicted molar refractivity (Wildman–Crippen MR) is 104 cm³/mol. The Hall–Kier alpha value is -3.23. The van der Waals surface area contributed by atoms with E-state index in [0.717, 1.165) is 28.4 Å². The maximum absolute atomic E-state index is 12.5. The van der Waals surface area contributed by atoms with Crippen LogP contribution in [0.2, 0.25) is 0 Å². The second-order valence-corrected chi connectivity index (χ2v) is 7.42. The van der Waals surface area contributed by atoms with Gasteiger partial charge >= 0.3 is 0 Å². The van der Waals surface area contributed by atoms with Crippen LogP contribution in [0.3, 0.4) is 0 Å². The highest BCUT2D eigenvalue weighted by atomic mass is 32.1. The molecule has 1 aliphatic rings. The van der Waals surface area contributed by atoms with E-state index in [1.165, 1.54) is 27.8 Å². The van der Waals surface area contributed by atoms with Crippen LogP contribution in [-0.4, -0.2) is 10.9 Å². The summed E-state index contributed by atoms with van der Waals surface area (Å²) < 4.78 is 1.09. The second kappa shape index (κ2) is 5.65. The molecule has 1 aromatic heterocycles. The molecule has 1 amide bonds. The third kappa shape index (κ3) is 2.27. The minimum atomic E-state index is -0.251. The molecule has 1 aliphatic carbocycles. The number of aromatic nitrogens is 1. The lowest BCUT2D eigenvalue weighted by molar-refractivity contribution is 0.102. The molecule has 0 saturated carbocycles. The smallest absolute Gasteiger partial charge is 0.257 e. The summed E-state index contributed by atoms with van der Waals surface area (Å²) in [6.07, 6.45) is 2.15. The quantitative estimate of drug-likeness (QED) is 0.568. The Morgan fingerprint density at radius 1 is 1.12 bits per heavy atom. The van der Waals surface area contributed by atoms with Crippen LogP contribution in [0, 0.1) is 11.3 Å². The van der Waals surface area contributed by atoms with E-state index in [1.54, 1.807) is 24.3 Å². The number of hydrogen-bond acceptors (Lipinski definition) is 4. The summed E-state index contributed by atoms with van der Waals surface area (Å²) in [5.74, 6) is -0.251. The van der Waals surface area contributed by atoms with Crippen molar-refractivity contribution < 1.29 is 4.79 Å². The number of nitriles is 1. The van der Waals surface area contributed by atoms with Crippen molar-refractivity contribution in [1.82, 2.24) is 4.98 Å². The molecule has 26 heavy (non-hydrogen) atoms. The molecular formula is C21H13N3OS. The van der Waals surface area contributed by atoms with Gasteiger partial charge in [0.1, 0.15) is 0 Å². The van der Waals surface area contributed by atoms with Crippen LogP contribution in [0.1, 0.15) is 27.0 Å². The molecule has 0 fully saturated rings. The van der Waals surface area contributed by atoms with Crippen molar-refractivity contribution in [3.63, 3.8) is 0 Å². The van der Waals surface area contributed by atoms with Gasteiger partial charge in [0.25, 0.3) is 5.91 Å². The van der Waals surface area contributed by atoms with E-state index in [1.807, 2.05) is 0 Å². The fraction of sp³-hybridized carbons (Fsp3) is 0.0952. The van der Waals surface area contributed by atoms with Crippen molar-refractivity contribution in [2.45, 2.75) is 12.8 Å². The van der Waals surface area contributed by atoms with Crippen LogP contribution >= 0.6 is 11.3 Å². The Labute approximate surface area is 153 Å². The first-order valence-electron chi connectivity index (χ1n) is 8.38. The fourth-order valence-corrected chi connectivity index (χ4v) is 4.60. The van der Waals surface area contributed by atoms with Crippen molar-refractivity contribution >= 4 is 43.4 Å². The summed E-state index contributed by atoms with van der Waals surface area (Å²) >= 11 is 1.49. The van der Waals surface area contributed by atoms with E-state index >= 15 is 0 Å². The van der Waals surface area contributed by atoms with Gasteiger partial charge in [-0.05, 0) is 53.6 Å². The number of benzene rings is 3. The van der Waals surface area contributed by atoms with Gasteiger partial charge in [-0.25, -0.2) is 4.98 Å². The molecule has 0 unspecified atom stereocenters. The minimum Gasteiger partial charge on any atom is -0.298 e. The van der Waals surface area contributed by atoms with E-state index in [2.05, 4.69) is 40.6 Å². The number of fused-ring (bicyclic) bond motifs is 2. The molecule has 0 radical (unpaired) electrons. The SMILES string of the molecule is N#Cc1cccc(C(=O)Nc2nc3c(cc4c5c(cccc53)CC4)s2)c1. The molecule has 4 nitrogen and oxygen atoms in total. The first-order chi connectivity index (χ1) is 12.7.